The molecular formula is C18H22FN3O4S. The molecule has 146 valence electrons. The summed E-state index contributed by atoms with van der Waals surface area (Å²) in [6.07, 6.45) is 3.13. The first-order valence-corrected chi connectivity index (χ1v) is 10.4. The summed E-state index contributed by atoms with van der Waals surface area (Å²) in [6.45, 7) is 2.97. The number of hydrogen-bond acceptors (Lipinski definition) is 7. The first kappa shape index (κ1) is 18.2. The molecule has 1 saturated heterocycles. The van der Waals surface area contributed by atoms with Gasteiger partial charge >= 0.3 is 5.97 Å². The minimum Gasteiger partial charge on any atom is -0.465 e. The number of ether oxygens (including phenoxy) is 1. The lowest BCUT2D eigenvalue weighted by molar-refractivity contribution is -0.135. The smallest absolute Gasteiger partial charge is 0.351 e. The van der Waals surface area contributed by atoms with Gasteiger partial charge in [-0.05, 0) is 32.0 Å². The van der Waals surface area contributed by atoms with Crippen molar-refractivity contribution in [3.05, 3.63) is 29.1 Å². The number of hydrogen-bond donors (Lipinski definition) is 0. The normalized spacial score (nSPS) is 22.3. The zero-order chi connectivity index (χ0) is 19.3. The second-order valence-corrected chi connectivity index (χ2v) is 9.08. The molecule has 0 N–H and O–H groups in total. The van der Waals surface area contributed by atoms with E-state index in [1.54, 1.807) is 11.0 Å². The van der Waals surface area contributed by atoms with E-state index in [1.165, 1.54) is 6.20 Å². The van der Waals surface area contributed by atoms with Crippen LogP contribution < -0.4 is 9.80 Å². The van der Waals surface area contributed by atoms with Gasteiger partial charge in [0.05, 0.1) is 23.4 Å². The lowest BCUT2D eigenvalue weighted by atomic mass is 10.2. The van der Waals surface area contributed by atoms with Gasteiger partial charge in [0.1, 0.15) is 5.82 Å². The zero-order valence-corrected chi connectivity index (χ0v) is 16.1. The average molecular weight is 395 g/mol. The Kier molecular flexibility index (Phi) is 4.38. The summed E-state index contributed by atoms with van der Waals surface area (Å²) in [6, 6.07) is 2.77. The summed E-state index contributed by atoms with van der Waals surface area (Å²) < 4.78 is 45.3. The molecule has 1 aromatic carbocycles. The molecule has 1 aromatic rings. The fourth-order valence-corrected chi connectivity index (χ4v) is 5.03. The summed E-state index contributed by atoms with van der Waals surface area (Å²) in [4.78, 5) is 17.3. The van der Waals surface area contributed by atoms with Gasteiger partial charge in [-0.3, -0.25) is 0 Å². The molecule has 27 heavy (non-hydrogen) atoms. The van der Waals surface area contributed by atoms with Crippen LogP contribution in [0.15, 0.2) is 28.1 Å². The fraction of sp³-hybridized carbons (Fsp3) is 0.500. The molecule has 0 spiro atoms. The van der Waals surface area contributed by atoms with Crippen molar-refractivity contribution in [1.29, 1.82) is 0 Å². The van der Waals surface area contributed by atoms with E-state index in [9.17, 15) is 17.6 Å². The van der Waals surface area contributed by atoms with Crippen LogP contribution in [0.3, 0.4) is 0 Å². The van der Waals surface area contributed by atoms with E-state index in [1.807, 2.05) is 11.9 Å². The first-order chi connectivity index (χ1) is 12.8. The molecule has 2 fully saturated rings. The van der Waals surface area contributed by atoms with Gasteiger partial charge in [0.15, 0.2) is 4.91 Å². The Morgan fingerprint density at radius 2 is 1.81 bits per heavy atom. The fourth-order valence-electron chi connectivity index (χ4n) is 3.54. The Bertz CT molecular complexity index is 919. The van der Waals surface area contributed by atoms with Crippen molar-refractivity contribution in [2.24, 2.45) is 0 Å². The molecule has 2 heterocycles. The van der Waals surface area contributed by atoms with Crippen molar-refractivity contribution in [3.8, 4) is 0 Å². The number of carbonyl (C=O) groups is 1. The van der Waals surface area contributed by atoms with Gasteiger partial charge in [-0.15, -0.1) is 0 Å². The Balaban J connectivity index is 1.82. The summed E-state index contributed by atoms with van der Waals surface area (Å²) in [7, 11) is -0.987. The van der Waals surface area contributed by atoms with Crippen LogP contribution in [-0.2, 0) is 19.4 Å². The first-order valence-electron chi connectivity index (χ1n) is 8.93. The van der Waals surface area contributed by atoms with Crippen molar-refractivity contribution in [1.82, 2.24) is 4.90 Å². The number of nitrogens with zero attached hydrogens (tertiary/aromatic N) is 3. The number of benzene rings is 1. The zero-order valence-electron chi connectivity index (χ0n) is 15.3. The van der Waals surface area contributed by atoms with Crippen LogP contribution >= 0.6 is 0 Å². The number of likely N-dealkylation sites (N-methyl/N-ethyl adjacent to an activating group) is 1. The highest BCUT2D eigenvalue weighted by Crippen LogP contribution is 2.44. The molecule has 0 atom stereocenters. The maximum atomic E-state index is 14.9. The number of methoxy groups -OCH3 is 1. The summed E-state index contributed by atoms with van der Waals surface area (Å²) in [5.41, 5.74) is 0.832. The van der Waals surface area contributed by atoms with Gasteiger partial charge in [0.25, 0.3) is 0 Å². The van der Waals surface area contributed by atoms with E-state index in [4.69, 9.17) is 0 Å². The number of fused-ring (bicyclic) bond motifs is 1. The van der Waals surface area contributed by atoms with E-state index < -0.39 is 26.5 Å². The monoisotopic (exact) mass is 395 g/mol. The predicted octanol–water partition coefficient (Wildman–Crippen LogP) is 1.35. The van der Waals surface area contributed by atoms with E-state index in [-0.39, 0.29) is 10.9 Å². The lowest BCUT2D eigenvalue weighted by Gasteiger charge is -2.36. The van der Waals surface area contributed by atoms with E-state index >= 15 is 0 Å². The van der Waals surface area contributed by atoms with Crippen LogP contribution in [0, 0.1) is 5.82 Å². The number of rotatable bonds is 3. The van der Waals surface area contributed by atoms with E-state index in [0.29, 0.717) is 24.5 Å². The molecule has 0 unspecified atom stereocenters. The van der Waals surface area contributed by atoms with E-state index in [2.05, 4.69) is 9.64 Å². The number of esters is 1. The van der Waals surface area contributed by atoms with Crippen LogP contribution in [-0.4, -0.2) is 65.7 Å². The average Bonchev–Trinajstić information content (AvgIpc) is 3.47. The Hall–Kier alpha value is -2.13. The standard InChI is InChI=1S/C18H22FN3O4S/c1-20-5-7-21(8-6-20)14-10-15-16(9-13(14)19)27(24,25)17(18(23)26-2)11-22(15)12-3-4-12/h9-12H,3-8H2,1-2H3. The van der Waals surface area contributed by atoms with Crippen LogP contribution in [0.25, 0.3) is 0 Å². The van der Waals surface area contributed by atoms with Crippen molar-refractivity contribution in [2.45, 2.75) is 23.8 Å². The second kappa shape index (κ2) is 6.49. The largest absolute Gasteiger partial charge is 0.465 e. The van der Waals surface area contributed by atoms with E-state index in [0.717, 1.165) is 39.1 Å². The molecule has 3 aliphatic rings. The van der Waals surface area contributed by atoms with Gasteiger partial charge < -0.3 is 19.4 Å². The van der Waals surface area contributed by atoms with Crippen LogP contribution in [0.4, 0.5) is 15.8 Å². The Labute approximate surface area is 157 Å². The third-order valence-corrected chi connectivity index (χ3v) is 7.07. The molecule has 4 rings (SSSR count). The van der Waals surface area contributed by atoms with Crippen molar-refractivity contribution in [2.75, 3.05) is 50.1 Å². The third-order valence-electron chi connectivity index (χ3n) is 5.31. The maximum absolute atomic E-state index is 14.9. The number of sulfone groups is 1. The van der Waals surface area contributed by atoms with Crippen LogP contribution in [0.5, 0.6) is 0 Å². The van der Waals surface area contributed by atoms with Crippen molar-refractivity contribution >= 4 is 27.2 Å². The number of piperazine rings is 1. The molecule has 1 saturated carbocycles. The number of halogens is 1. The second-order valence-electron chi connectivity index (χ2n) is 7.19. The molecule has 0 amide bonds. The summed E-state index contributed by atoms with van der Waals surface area (Å²) in [5.74, 6) is -1.53. The SMILES string of the molecule is COC(=O)C1=CN(C2CC2)c2cc(N3CCN(C)CC3)c(F)cc2S1(=O)=O. The summed E-state index contributed by atoms with van der Waals surface area (Å²) in [5, 5.41) is 0. The Morgan fingerprint density at radius 3 is 2.41 bits per heavy atom. The quantitative estimate of drug-likeness (QED) is 0.716. The number of carbonyl (C=O) groups excluding carboxylic acids is 1. The highest BCUT2D eigenvalue weighted by molar-refractivity contribution is 7.96. The molecule has 0 radical (unpaired) electrons. The molecule has 0 aromatic heterocycles. The lowest BCUT2D eigenvalue weighted by Crippen LogP contribution is -2.45. The van der Waals surface area contributed by atoms with Gasteiger partial charge in [0.2, 0.25) is 9.84 Å². The molecule has 2 aliphatic heterocycles. The number of anilines is 2. The Morgan fingerprint density at radius 1 is 1.15 bits per heavy atom. The van der Waals surface area contributed by atoms with Crippen LogP contribution in [0.2, 0.25) is 0 Å². The van der Waals surface area contributed by atoms with Gasteiger partial charge in [-0.1, -0.05) is 0 Å². The third kappa shape index (κ3) is 3.08. The minimum absolute atomic E-state index is 0.115. The maximum Gasteiger partial charge on any atom is 0.351 e. The van der Waals surface area contributed by atoms with Crippen molar-refractivity contribution < 1.29 is 22.3 Å². The predicted molar refractivity (Wildman–Crippen MR) is 98.9 cm³/mol. The summed E-state index contributed by atoms with van der Waals surface area (Å²) >= 11 is 0. The minimum atomic E-state index is -4.13. The molecule has 0 bridgehead atoms. The highest BCUT2D eigenvalue weighted by Gasteiger charge is 2.41. The topological polar surface area (TPSA) is 70.2 Å². The molecule has 9 heteroatoms. The van der Waals surface area contributed by atoms with Gasteiger partial charge in [-0.2, -0.15) is 0 Å². The van der Waals surface area contributed by atoms with Crippen molar-refractivity contribution in [3.63, 3.8) is 0 Å². The van der Waals surface area contributed by atoms with Gasteiger partial charge in [-0.25, -0.2) is 17.6 Å². The molecule has 1 aliphatic carbocycles. The van der Waals surface area contributed by atoms with Gasteiger partial charge in [0, 0.05) is 38.4 Å². The molecule has 7 nitrogen and oxygen atoms in total. The highest BCUT2D eigenvalue weighted by atomic mass is 32.2. The molecular weight excluding hydrogens is 373 g/mol. The van der Waals surface area contributed by atoms with Crippen LogP contribution in [0.1, 0.15) is 12.8 Å².